The number of fused-ring (bicyclic) bond motifs is 1. The van der Waals surface area contributed by atoms with Gasteiger partial charge in [0.15, 0.2) is 9.93 Å². The van der Waals surface area contributed by atoms with Crippen LogP contribution in [0.4, 0.5) is 5.13 Å². The highest BCUT2D eigenvalue weighted by molar-refractivity contribution is 9.10. The van der Waals surface area contributed by atoms with E-state index in [9.17, 15) is 9.59 Å². The maximum absolute atomic E-state index is 12.4. The number of rotatable bonds is 9. The number of nitrogens with one attached hydrogen (secondary N) is 1. The molecule has 7 nitrogen and oxygen atoms in total. The molecule has 0 unspecified atom stereocenters. The first-order valence-corrected chi connectivity index (χ1v) is 12.4. The number of hydrogen-bond donors (Lipinski definition) is 1. The van der Waals surface area contributed by atoms with Gasteiger partial charge in [-0.15, -0.1) is 23.1 Å². The summed E-state index contributed by atoms with van der Waals surface area (Å²) in [6.45, 7) is 3.75. The fraction of sp³-hybridized carbons (Fsp3) is 0.333. The van der Waals surface area contributed by atoms with Crippen molar-refractivity contribution in [3.63, 3.8) is 0 Å². The molecule has 1 aromatic carbocycles. The van der Waals surface area contributed by atoms with Crippen molar-refractivity contribution in [2.24, 2.45) is 4.99 Å². The van der Waals surface area contributed by atoms with E-state index < -0.39 is 0 Å². The Hall–Kier alpha value is -1.53. The van der Waals surface area contributed by atoms with Gasteiger partial charge in [-0.3, -0.25) is 9.59 Å². The molecule has 2 aromatic heterocycles. The molecule has 0 spiro atoms. The van der Waals surface area contributed by atoms with Crippen LogP contribution in [0, 0.1) is 0 Å². The smallest absolute Gasteiger partial charge is 0.258 e. The highest BCUT2D eigenvalue weighted by Gasteiger charge is 2.10. The number of thioether (sulfide) groups is 1. The summed E-state index contributed by atoms with van der Waals surface area (Å²) in [7, 11) is 0. The zero-order valence-corrected chi connectivity index (χ0v) is 19.6. The zero-order chi connectivity index (χ0) is 20.6. The van der Waals surface area contributed by atoms with Gasteiger partial charge in [0, 0.05) is 29.2 Å². The lowest BCUT2D eigenvalue weighted by molar-refractivity contribution is -0.115. The molecular weight excluding hydrogens is 496 g/mol. The number of ether oxygens (including phenoxy) is 1. The molecule has 0 saturated heterocycles. The molecule has 29 heavy (non-hydrogen) atoms. The summed E-state index contributed by atoms with van der Waals surface area (Å²) in [4.78, 5) is 33.2. The van der Waals surface area contributed by atoms with E-state index in [1.165, 1.54) is 34.4 Å². The lowest BCUT2D eigenvalue weighted by atomic mass is 10.3. The molecule has 3 rings (SSSR count). The number of carbonyl (C=O) groups excluding carboxylic acids is 2. The van der Waals surface area contributed by atoms with Crippen molar-refractivity contribution < 1.29 is 14.3 Å². The van der Waals surface area contributed by atoms with Gasteiger partial charge >= 0.3 is 0 Å². The van der Waals surface area contributed by atoms with E-state index in [0.29, 0.717) is 29.7 Å². The number of aromatic nitrogens is 2. The first-order valence-electron chi connectivity index (χ1n) is 8.78. The average molecular weight is 515 g/mol. The molecule has 0 aliphatic heterocycles. The molecule has 11 heteroatoms. The van der Waals surface area contributed by atoms with Crippen LogP contribution < -0.4 is 10.1 Å². The Kier molecular flexibility index (Phi) is 8.42. The van der Waals surface area contributed by atoms with Gasteiger partial charge in [0.2, 0.25) is 5.91 Å². The van der Waals surface area contributed by atoms with Crippen LogP contribution in [0.15, 0.2) is 39.2 Å². The topological polar surface area (TPSA) is 85.6 Å². The quantitative estimate of drug-likeness (QED) is 0.439. The molecule has 0 saturated carbocycles. The summed E-state index contributed by atoms with van der Waals surface area (Å²) in [5, 5.41) is 5.03. The summed E-state index contributed by atoms with van der Waals surface area (Å²) >= 11 is 7.53. The Morgan fingerprint density at radius 3 is 3.00 bits per heavy atom. The molecule has 0 radical (unpaired) electrons. The van der Waals surface area contributed by atoms with Gasteiger partial charge in [0.05, 0.1) is 28.3 Å². The SMILES string of the molecule is CCOCCn1c(=NC(=O)CSCC(=O)Nc2nccs2)sc2cc(Br)ccc21. The van der Waals surface area contributed by atoms with Crippen LogP contribution in [0.5, 0.6) is 0 Å². The lowest BCUT2D eigenvalue weighted by Crippen LogP contribution is -2.20. The molecule has 0 fully saturated rings. The Morgan fingerprint density at radius 2 is 2.24 bits per heavy atom. The monoisotopic (exact) mass is 514 g/mol. The molecular formula is C18H19BrN4O3S3. The molecule has 0 atom stereocenters. The number of amides is 2. The molecule has 0 bridgehead atoms. The minimum atomic E-state index is -0.271. The highest BCUT2D eigenvalue weighted by atomic mass is 79.9. The second-order valence-corrected chi connectivity index (χ2v) is 9.53. The number of hydrogen-bond acceptors (Lipinski definition) is 7. The Labute approximate surface area is 188 Å². The van der Waals surface area contributed by atoms with Gasteiger partial charge in [-0.2, -0.15) is 4.99 Å². The van der Waals surface area contributed by atoms with E-state index in [1.807, 2.05) is 29.7 Å². The van der Waals surface area contributed by atoms with E-state index >= 15 is 0 Å². The van der Waals surface area contributed by atoms with Gasteiger partial charge in [-0.1, -0.05) is 27.3 Å². The maximum Gasteiger partial charge on any atom is 0.258 e. The van der Waals surface area contributed by atoms with Crippen LogP contribution in [0.2, 0.25) is 0 Å². The first-order chi connectivity index (χ1) is 14.1. The van der Waals surface area contributed by atoms with E-state index in [1.54, 1.807) is 11.6 Å². The molecule has 0 aliphatic carbocycles. The number of carbonyl (C=O) groups is 2. The summed E-state index contributed by atoms with van der Waals surface area (Å²) in [6, 6.07) is 5.98. The standard InChI is InChI=1S/C18H19BrN4O3S3/c1-2-26-7-6-23-13-4-3-12(19)9-14(13)29-18(23)22-16(25)11-27-10-15(24)21-17-20-5-8-28-17/h3-5,8-9H,2,6-7,10-11H2,1H3,(H,20,21,24). The second kappa shape index (κ2) is 11.0. The van der Waals surface area contributed by atoms with Crippen molar-refractivity contribution in [3.05, 3.63) is 39.1 Å². The van der Waals surface area contributed by atoms with Gasteiger partial charge in [0.25, 0.3) is 5.91 Å². The number of nitrogens with zero attached hydrogens (tertiary/aromatic N) is 3. The van der Waals surface area contributed by atoms with Crippen molar-refractivity contribution in [1.82, 2.24) is 9.55 Å². The predicted octanol–water partition coefficient (Wildman–Crippen LogP) is 3.76. The summed E-state index contributed by atoms with van der Waals surface area (Å²) in [5.41, 5.74) is 1.01. The van der Waals surface area contributed by atoms with E-state index in [-0.39, 0.29) is 23.3 Å². The van der Waals surface area contributed by atoms with Crippen molar-refractivity contribution in [3.8, 4) is 0 Å². The van der Waals surface area contributed by atoms with Crippen molar-refractivity contribution in [2.75, 3.05) is 30.0 Å². The van der Waals surface area contributed by atoms with E-state index in [4.69, 9.17) is 4.74 Å². The molecule has 0 aliphatic rings. The molecule has 3 aromatic rings. The van der Waals surface area contributed by atoms with Crippen molar-refractivity contribution >= 4 is 77.5 Å². The normalized spacial score (nSPS) is 11.9. The van der Waals surface area contributed by atoms with Crippen LogP contribution in [0.25, 0.3) is 10.2 Å². The predicted molar refractivity (Wildman–Crippen MR) is 123 cm³/mol. The molecule has 2 amide bonds. The van der Waals surface area contributed by atoms with Crippen LogP contribution in [0.1, 0.15) is 6.92 Å². The summed E-state index contributed by atoms with van der Waals surface area (Å²) in [6.07, 6.45) is 1.63. The fourth-order valence-corrected chi connectivity index (χ4v) is 5.23. The third-order valence-electron chi connectivity index (χ3n) is 3.67. The Morgan fingerprint density at radius 1 is 1.38 bits per heavy atom. The van der Waals surface area contributed by atoms with Crippen LogP contribution in [-0.4, -0.2) is 46.1 Å². The Bertz CT molecular complexity index is 1050. The second-order valence-electron chi connectivity index (χ2n) is 5.73. The van der Waals surface area contributed by atoms with Gasteiger partial charge in [-0.05, 0) is 25.1 Å². The van der Waals surface area contributed by atoms with E-state index in [2.05, 4.69) is 31.2 Å². The maximum atomic E-state index is 12.4. The summed E-state index contributed by atoms with van der Waals surface area (Å²) < 4.78 is 9.48. The minimum Gasteiger partial charge on any atom is -0.380 e. The molecule has 154 valence electrons. The van der Waals surface area contributed by atoms with Crippen molar-refractivity contribution in [1.29, 1.82) is 0 Å². The van der Waals surface area contributed by atoms with Gasteiger partial charge in [0.1, 0.15) is 0 Å². The number of benzene rings is 1. The largest absolute Gasteiger partial charge is 0.380 e. The number of halogens is 1. The molecule has 1 N–H and O–H groups in total. The average Bonchev–Trinajstić information content (AvgIpc) is 3.29. The number of thiazole rings is 2. The number of anilines is 1. The third-order valence-corrected chi connectivity index (χ3v) is 6.81. The molecule has 2 heterocycles. The highest BCUT2D eigenvalue weighted by Crippen LogP contribution is 2.22. The lowest BCUT2D eigenvalue weighted by Gasteiger charge is -2.05. The van der Waals surface area contributed by atoms with Crippen LogP contribution in [-0.2, 0) is 20.9 Å². The third kappa shape index (κ3) is 6.48. The first kappa shape index (κ1) is 22.2. The van der Waals surface area contributed by atoms with Gasteiger partial charge in [-0.25, -0.2) is 4.98 Å². The van der Waals surface area contributed by atoms with Gasteiger partial charge < -0.3 is 14.6 Å². The van der Waals surface area contributed by atoms with E-state index in [0.717, 1.165) is 14.7 Å². The van der Waals surface area contributed by atoms with Crippen molar-refractivity contribution in [2.45, 2.75) is 13.5 Å². The van der Waals surface area contributed by atoms with Crippen LogP contribution >= 0.6 is 50.4 Å². The fourth-order valence-electron chi connectivity index (χ4n) is 2.46. The van der Waals surface area contributed by atoms with Crippen LogP contribution in [0.3, 0.4) is 0 Å². The minimum absolute atomic E-state index is 0.134. The Balaban J connectivity index is 1.66. The summed E-state index contributed by atoms with van der Waals surface area (Å²) in [5.74, 6) is -0.150. The zero-order valence-electron chi connectivity index (χ0n) is 15.6.